The number of carbonyl (C=O) groups excluding carboxylic acids is 1. The van der Waals surface area contributed by atoms with Gasteiger partial charge in [0.15, 0.2) is 5.69 Å². The second-order valence-electron chi connectivity index (χ2n) is 7.77. The molecule has 1 aromatic carbocycles. The minimum Gasteiger partial charge on any atom is -0.378 e. The Hall–Kier alpha value is -3.64. The Morgan fingerprint density at radius 2 is 2.00 bits per heavy atom. The molecule has 0 aliphatic carbocycles. The highest BCUT2D eigenvalue weighted by Gasteiger charge is 2.26. The van der Waals surface area contributed by atoms with Crippen molar-refractivity contribution in [3.8, 4) is 5.82 Å². The van der Waals surface area contributed by atoms with Crippen LogP contribution in [0.3, 0.4) is 0 Å². The molecule has 3 N–H and O–H groups in total. The van der Waals surface area contributed by atoms with E-state index < -0.39 is 5.91 Å². The normalized spacial score (nSPS) is 16.4. The number of anilines is 1. The van der Waals surface area contributed by atoms with Gasteiger partial charge in [0.2, 0.25) is 11.6 Å². The van der Waals surface area contributed by atoms with Crippen molar-refractivity contribution in [2.75, 3.05) is 39.0 Å². The van der Waals surface area contributed by atoms with Gasteiger partial charge in [-0.15, -0.1) is 5.10 Å². The topological polar surface area (TPSA) is 144 Å². The zero-order valence-electron chi connectivity index (χ0n) is 18.0. The lowest BCUT2D eigenvalue weighted by Gasteiger charge is -2.32. The first-order chi connectivity index (χ1) is 15.5. The van der Waals surface area contributed by atoms with Gasteiger partial charge in [0.1, 0.15) is 0 Å². The summed E-state index contributed by atoms with van der Waals surface area (Å²) in [5.41, 5.74) is 10.2. The van der Waals surface area contributed by atoms with E-state index in [0.29, 0.717) is 12.2 Å². The molecule has 1 amide bonds. The van der Waals surface area contributed by atoms with Gasteiger partial charge >= 0.3 is 0 Å². The Kier molecular flexibility index (Phi) is 6.52. The molecular weight excluding hydrogens is 412 g/mol. The monoisotopic (exact) mass is 438 g/mol. The smallest absolute Gasteiger partial charge is 0.293 e. The number of hydrogen-bond acceptors (Lipinski definition) is 10. The van der Waals surface area contributed by atoms with Crippen molar-refractivity contribution in [2.45, 2.75) is 19.4 Å². The Morgan fingerprint density at radius 1 is 1.25 bits per heavy atom. The number of amides is 1. The van der Waals surface area contributed by atoms with Gasteiger partial charge in [0, 0.05) is 44.9 Å². The average Bonchev–Trinajstić information content (AvgIpc) is 3.41. The summed E-state index contributed by atoms with van der Waals surface area (Å²) in [7, 11) is 2.08. The maximum atomic E-state index is 12.9. The Balaban J connectivity index is 1.53. The number of hydrogen-bond donors (Lipinski definition) is 2. The third-order valence-corrected chi connectivity index (χ3v) is 5.43. The summed E-state index contributed by atoms with van der Waals surface area (Å²) in [4.78, 5) is 17.4. The predicted molar refractivity (Wildman–Crippen MR) is 117 cm³/mol. The second-order valence-corrected chi connectivity index (χ2v) is 7.77. The number of aromatic nitrogens is 5. The van der Waals surface area contributed by atoms with E-state index in [1.54, 1.807) is 6.21 Å². The van der Waals surface area contributed by atoms with E-state index >= 15 is 0 Å². The minimum atomic E-state index is -0.466. The van der Waals surface area contributed by atoms with Crippen LogP contribution in [0.15, 0.2) is 40.1 Å². The molecule has 0 radical (unpaired) electrons. The predicted octanol–water partition coefficient (Wildman–Crippen LogP) is 0.499. The molecule has 1 unspecified atom stereocenters. The molecule has 12 heteroatoms. The minimum absolute atomic E-state index is 0.0398. The summed E-state index contributed by atoms with van der Waals surface area (Å²) in [6.07, 6.45) is 1.68. The molecule has 2 aromatic heterocycles. The molecule has 4 rings (SSSR count). The Morgan fingerprint density at radius 3 is 2.69 bits per heavy atom. The number of piperazine rings is 1. The molecule has 3 aromatic rings. The lowest BCUT2D eigenvalue weighted by molar-refractivity contribution is 0.0945. The van der Waals surface area contributed by atoms with E-state index in [0.717, 1.165) is 31.7 Å². The number of likely N-dealkylation sites (N-methyl/N-ethyl adjacent to an activating group) is 1. The van der Waals surface area contributed by atoms with Gasteiger partial charge in [-0.25, -0.2) is 10.1 Å². The van der Waals surface area contributed by atoms with Gasteiger partial charge in [-0.1, -0.05) is 42.5 Å². The molecule has 32 heavy (non-hydrogen) atoms. The van der Waals surface area contributed by atoms with Crippen LogP contribution >= 0.6 is 0 Å². The summed E-state index contributed by atoms with van der Waals surface area (Å²) >= 11 is 0. The third kappa shape index (κ3) is 4.81. The zero-order chi connectivity index (χ0) is 22.5. The van der Waals surface area contributed by atoms with E-state index in [2.05, 4.69) is 48.0 Å². The molecule has 0 saturated carbocycles. The second kappa shape index (κ2) is 9.66. The number of nitrogens with one attached hydrogen (secondary N) is 1. The van der Waals surface area contributed by atoms with Gasteiger partial charge in [0.05, 0.1) is 5.69 Å². The fourth-order valence-electron chi connectivity index (χ4n) is 3.45. The molecular formula is C20H26N10O2. The Labute approximate surface area is 185 Å². The molecule has 0 bridgehead atoms. The molecule has 1 fully saturated rings. The van der Waals surface area contributed by atoms with Gasteiger partial charge in [0.25, 0.3) is 5.91 Å². The number of rotatable bonds is 7. The molecule has 1 aliphatic heterocycles. The van der Waals surface area contributed by atoms with Crippen LogP contribution in [-0.2, 0) is 6.54 Å². The van der Waals surface area contributed by atoms with Crippen LogP contribution in [0.5, 0.6) is 0 Å². The third-order valence-electron chi connectivity index (χ3n) is 5.43. The number of nitrogen functional groups attached to an aromatic ring is 1. The standard InChI is InChI=1S/C20H26N10O2/c1-14(15-6-4-3-5-7-15)12-22-24-20(31)17-16(13-29-10-8-28(2)9-11-29)30(27-23-17)19-18(21)25-32-26-19/h3-7,12,14H,8-11,13H2,1-2H3,(H2,21,25)(H,24,31)/b22-12+. The lowest BCUT2D eigenvalue weighted by Crippen LogP contribution is -2.44. The highest BCUT2D eigenvalue weighted by Crippen LogP contribution is 2.18. The molecule has 1 saturated heterocycles. The fraction of sp³-hybridized carbons (Fsp3) is 0.400. The van der Waals surface area contributed by atoms with Crippen LogP contribution < -0.4 is 11.2 Å². The first kappa shape index (κ1) is 21.6. The first-order valence-electron chi connectivity index (χ1n) is 10.3. The van der Waals surface area contributed by atoms with E-state index in [1.807, 2.05) is 37.3 Å². The van der Waals surface area contributed by atoms with Crippen LogP contribution in [0.25, 0.3) is 5.82 Å². The van der Waals surface area contributed by atoms with Crippen LogP contribution in [-0.4, -0.2) is 80.5 Å². The number of nitrogens with two attached hydrogens (primary N) is 1. The molecule has 0 spiro atoms. The van der Waals surface area contributed by atoms with Crippen LogP contribution in [0.2, 0.25) is 0 Å². The van der Waals surface area contributed by atoms with Crippen LogP contribution in [0, 0.1) is 0 Å². The number of nitrogens with zero attached hydrogens (tertiary/aromatic N) is 8. The summed E-state index contributed by atoms with van der Waals surface area (Å²) in [5, 5.41) is 19.7. The van der Waals surface area contributed by atoms with Crippen molar-refractivity contribution in [3.63, 3.8) is 0 Å². The average molecular weight is 438 g/mol. The van der Waals surface area contributed by atoms with E-state index in [4.69, 9.17) is 10.4 Å². The molecule has 1 atom stereocenters. The highest BCUT2D eigenvalue weighted by molar-refractivity contribution is 5.93. The van der Waals surface area contributed by atoms with Crippen molar-refractivity contribution < 1.29 is 9.42 Å². The summed E-state index contributed by atoms with van der Waals surface area (Å²) in [6, 6.07) is 9.90. The summed E-state index contributed by atoms with van der Waals surface area (Å²) in [5.74, 6) is -0.164. The molecule has 3 heterocycles. The van der Waals surface area contributed by atoms with Crippen molar-refractivity contribution in [3.05, 3.63) is 47.3 Å². The van der Waals surface area contributed by atoms with Gasteiger partial charge in [-0.05, 0) is 22.9 Å². The largest absolute Gasteiger partial charge is 0.378 e. The quantitative estimate of drug-likeness (QED) is 0.398. The highest BCUT2D eigenvalue weighted by atomic mass is 16.6. The molecule has 1 aliphatic rings. The van der Waals surface area contributed by atoms with Crippen molar-refractivity contribution in [1.82, 2.24) is 40.5 Å². The summed E-state index contributed by atoms with van der Waals surface area (Å²) < 4.78 is 6.10. The SMILES string of the molecule is CC(/C=N/NC(=O)c1nnn(-c2nonc2N)c1CN1CCN(C)CC1)c1ccccc1. The maximum Gasteiger partial charge on any atom is 0.293 e. The Bertz CT molecular complexity index is 1070. The molecule has 12 nitrogen and oxygen atoms in total. The van der Waals surface area contributed by atoms with Crippen LogP contribution in [0.1, 0.15) is 34.6 Å². The maximum absolute atomic E-state index is 12.9. The van der Waals surface area contributed by atoms with E-state index in [9.17, 15) is 4.79 Å². The van der Waals surface area contributed by atoms with Gasteiger partial charge < -0.3 is 10.6 Å². The zero-order valence-corrected chi connectivity index (χ0v) is 18.0. The van der Waals surface area contributed by atoms with Crippen molar-refractivity contribution in [2.24, 2.45) is 5.10 Å². The number of hydrazone groups is 1. The van der Waals surface area contributed by atoms with Gasteiger partial charge in [-0.2, -0.15) is 9.78 Å². The van der Waals surface area contributed by atoms with Crippen molar-refractivity contribution >= 4 is 17.9 Å². The summed E-state index contributed by atoms with van der Waals surface area (Å²) in [6.45, 7) is 6.00. The van der Waals surface area contributed by atoms with Crippen LogP contribution in [0.4, 0.5) is 5.82 Å². The number of benzene rings is 1. The number of carbonyl (C=O) groups is 1. The van der Waals surface area contributed by atoms with E-state index in [-0.39, 0.29) is 23.2 Å². The first-order valence-corrected chi connectivity index (χ1v) is 10.3. The lowest BCUT2D eigenvalue weighted by atomic mass is 10.0. The van der Waals surface area contributed by atoms with Gasteiger partial charge in [-0.3, -0.25) is 9.69 Å². The fourth-order valence-corrected chi connectivity index (χ4v) is 3.45. The van der Waals surface area contributed by atoms with E-state index in [1.165, 1.54) is 4.68 Å². The molecule has 168 valence electrons. The van der Waals surface area contributed by atoms with Crippen molar-refractivity contribution in [1.29, 1.82) is 0 Å².